The molecule has 0 aliphatic heterocycles. The Morgan fingerprint density at radius 1 is 1.26 bits per heavy atom. The fourth-order valence-corrected chi connectivity index (χ4v) is 3.71. The van der Waals surface area contributed by atoms with Crippen LogP contribution in [0.2, 0.25) is 5.15 Å². The molecule has 2 rings (SSSR count). The highest BCUT2D eigenvalue weighted by Gasteiger charge is 2.15. The van der Waals surface area contributed by atoms with Gasteiger partial charge >= 0.3 is 0 Å². The van der Waals surface area contributed by atoms with Crippen molar-refractivity contribution < 1.29 is 8.42 Å². The summed E-state index contributed by atoms with van der Waals surface area (Å²) in [5, 5.41) is 1.26. The molecule has 0 spiro atoms. The molecule has 0 saturated carbocycles. The topological polar surface area (TPSA) is 47.0 Å². The lowest BCUT2D eigenvalue weighted by molar-refractivity contribution is 0.593. The fraction of sp³-hybridized carbons (Fsp3) is 0.357. The highest BCUT2D eigenvalue weighted by Crippen LogP contribution is 2.24. The van der Waals surface area contributed by atoms with E-state index in [-0.39, 0.29) is 5.75 Å². The summed E-state index contributed by atoms with van der Waals surface area (Å²) in [5.41, 5.74) is 1.65. The van der Waals surface area contributed by atoms with Gasteiger partial charge in [0.25, 0.3) is 0 Å². The molecule has 0 atom stereocenters. The minimum Gasteiger partial charge on any atom is -0.236 e. The molecular weight excluding hydrogens is 282 g/mol. The Kier molecular flexibility index (Phi) is 4.11. The van der Waals surface area contributed by atoms with E-state index < -0.39 is 9.84 Å². The Hall–Kier alpha value is -1.13. The highest BCUT2D eigenvalue weighted by atomic mass is 35.5. The summed E-state index contributed by atoms with van der Waals surface area (Å²) in [7, 11) is -3.20. The van der Waals surface area contributed by atoms with Gasteiger partial charge in [0.05, 0.1) is 16.2 Å². The highest BCUT2D eigenvalue weighted by molar-refractivity contribution is 7.91. The molecule has 0 bridgehead atoms. The number of fused-ring (bicyclic) bond motifs is 1. The van der Waals surface area contributed by atoms with E-state index >= 15 is 0 Å². The third kappa shape index (κ3) is 3.07. The van der Waals surface area contributed by atoms with Crippen molar-refractivity contribution in [3.8, 4) is 0 Å². The summed E-state index contributed by atoms with van der Waals surface area (Å²) in [5.74, 6) is 0.190. The van der Waals surface area contributed by atoms with Crippen LogP contribution in [-0.4, -0.2) is 19.2 Å². The van der Waals surface area contributed by atoms with Crippen molar-refractivity contribution in [1.82, 2.24) is 4.98 Å². The Morgan fingerprint density at radius 2 is 2.00 bits per heavy atom. The Morgan fingerprint density at radius 3 is 2.68 bits per heavy atom. The van der Waals surface area contributed by atoms with Gasteiger partial charge in [-0.2, -0.15) is 0 Å². The van der Waals surface area contributed by atoms with Crippen LogP contribution >= 0.6 is 11.6 Å². The van der Waals surface area contributed by atoms with Gasteiger partial charge in [0.2, 0.25) is 0 Å². The molecule has 5 heteroatoms. The molecule has 0 amide bonds. The van der Waals surface area contributed by atoms with Crippen molar-refractivity contribution in [2.24, 2.45) is 0 Å². The Balaban J connectivity index is 2.53. The molecule has 0 saturated heterocycles. The first-order chi connectivity index (χ1) is 8.94. The molecule has 0 aliphatic rings. The zero-order valence-electron chi connectivity index (χ0n) is 11.0. The van der Waals surface area contributed by atoms with Gasteiger partial charge < -0.3 is 0 Å². The maximum Gasteiger partial charge on any atom is 0.178 e. The number of aromatic nitrogens is 1. The quantitative estimate of drug-likeness (QED) is 0.807. The normalized spacial score (nSPS) is 11.9. The van der Waals surface area contributed by atoms with Gasteiger partial charge in [-0.15, -0.1) is 0 Å². The molecule has 19 heavy (non-hydrogen) atoms. The monoisotopic (exact) mass is 297 g/mol. The third-order valence-corrected chi connectivity index (χ3v) is 5.07. The first-order valence-electron chi connectivity index (χ1n) is 6.23. The van der Waals surface area contributed by atoms with Crippen LogP contribution in [0, 0.1) is 6.92 Å². The fourth-order valence-electron chi connectivity index (χ4n) is 1.98. The van der Waals surface area contributed by atoms with Crippen molar-refractivity contribution in [3.05, 3.63) is 35.0 Å². The van der Waals surface area contributed by atoms with Crippen LogP contribution in [-0.2, 0) is 9.84 Å². The van der Waals surface area contributed by atoms with Gasteiger partial charge in [-0.05, 0) is 43.2 Å². The number of rotatable bonds is 4. The molecule has 0 unspecified atom stereocenters. The maximum absolute atomic E-state index is 12.2. The van der Waals surface area contributed by atoms with Gasteiger partial charge in [0.1, 0.15) is 5.15 Å². The Labute approximate surface area is 118 Å². The molecule has 102 valence electrons. The predicted octanol–water partition coefficient (Wildman–Crippen LogP) is 3.77. The number of benzene rings is 1. The van der Waals surface area contributed by atoms with Crippen LogP contribution in [0.15, 0.2) is 29.2 Å². The van der Waals surface area contributed by atoms with E-state index in [4.69, 9.17) is 11.6 Å². The van der Waals surface area contributed by atoms with E-state index in [1.165, 1.54) is 0 Å². The van der Waals surface area contributed by atoms with E-state index in [1.54, 1.807) is 24.3 Å². The van der Waals surface area contributed by atoms with E-state index in [9.17, 15) is 8.42 Å². The number of sulfone groups is 1. The van der Waals surface area contributed by atoms with Crippen LogP contribution in [0.1, 0.15) is 25.3 Å². The molecule has 2 aromatic rings. The van der Waals surface area contributed by atoms with Crippen molar-refractivity contribution in [2.75, 3.05) is 5.75 Å². The summed E-state index contributed by atoms with van der Waals surface area (Å²) in [4.78, 5) is 4.55. The minimum atomic E-state index is -3.20. The largest absolute Gasteiger partial charge is 0.236 e. The number of nitrogens with zero attached hydrogens (tertiary/aromatic N) is 1. The first kappa shape index (κ1) is 14.3. The lowest BCUT2D eigenvalue weighted by atomic mass is 10.1. The summed E-state index contributed by atoms with van der Waals surface area (Å²) in [6.07, 6.45) is 1.54. The minimum absolute atomic E-state index is 0.190. The maximum atomic E-state index is 12.2. The van der Waals surface area contributed by atoms with Gasteiger partial charge in [0.15, 0.2) is 9.84 Å². The summed E-state index contributed by atoms with van der Waals surface area (Å²) < 4.78 is 24.3. The lowest BCUT2D eigenvalue weighted by Crippen LogP contribution is -2.06. The molecule has 0 radical (unpaired) electrons. The zero-order chi connectivity index (χ0) is 14.0. The van der Waals surface area contributed by atoms with Crippen molar-refractivity contribution >= 4 is 32.3 Å². The number of hydrogen-bond donors (Lipinski definition) is 0. The summed E-state index contributed by atoms with van der Waals surface area (Å²) >= 11 is 5.89. The van der Waals surface area contributed by atoms with Crippen LogP contribution in [0.5, 0.6) is 0 Å². The SMILES string of the molecule is CCCCS(=O)(=O)c1ccc2nc(Cl)cc(C)c2c1. The molecule has 1 heterocycles. The lowest BCUT2D eigenvalue weighted by Gasteiger charge is -2.07. The van der Waals surface area contributed by atoms with Gasteiger partial charge in [-0.25, -0.2) is 13.4 Å². The zero-order valence-corrected chi connectivity index (χ0v) is 12.6. The van der Waals surface area contributed by atoms with Crippen LogP contribution in [0.3, 0.4) is 0 Å². The Bertz CT molecular complexity index is 711. The number of aryl methyl sites for hydroxylation is 1. The second-order valence-electron chi connectivity index (χ2n) is 4.61. The molecule has 1 aromatic carbocycles. The standard InChI is InChI=1S/C14H16ClNO2S/c1-3-4-7-19(17,18)11-5-6-13-12(9-11)10(2)8-14(15)16-13/h5-6,8-9H,3-4,7H2,1-2H3. The number of hydrogen-bond acceptors (Lipinski definition) is 3. The van der Waals surface area contributed by atoms with E-state index in [1.807, 2.05) is 13.8 Å². The number of halogens is 1. The van der Waals surface area contributed by atoms with Gasteiger partial charge in [-0.1, -0.05) is 24.9 Å². The molecular formula is C14H16ClNO2S. The van der Waals surface area contributed by atoms with E-state index in [0.717, 1.165) is 22.9 Å². The number of pyridine rings is 1. The molecule has 0 aliphatic carbocycles. The first-order valence-corrected chi connectivity index (χ1v) is 8.27. The smallest absolute Gasteiger partial charge is 0.178 e. The van der Waals surface area contributed by atoms with E-state index in [2.05, 4.69) is 4.98 Å². The molecule has 3 nitrogen and oxygen atoms in total. The van der Waals surface area contributed by atoms with Gasteiger partial charge in [0, 0.05) is 5.39 Å². The number of unbranched alkanes of at least 4 members (excludes halogenated alkanes) is 1. The predicted molar refractivity (Wildman–Crippen MR) is 78.5 cm³/mol. The van der Waals surface area contributed by atoms with Crippen molar-refractivity contribution in [1.29, 1.82) is 0 Å². The van der Waals surface area contributed by atoms with Crippen LogP contribution in [0.4, 0.5) is 0 Å². The van der Waals surface area contributed by atoms with Gasteiger partial charge in [-0.3, -0.25) is 0 Å². The summed E-state index contributed by atoms with van der Waals surface area (Å²) in [6, 6.07) is 6.76. The second kappa shape index (κ2) is 5.47. The average molecular weight is 298 g/mol. The third-order valence-electron chi connectivity index (χ3n) is 3.08. The van der Waals surface area contributed by atoms with Crippen LogP contribution in [0.25, 0.3) is 10.9 Å². The van der Waals surface area contributed by atoms with E-state index in [0.29, 0.717) is 16.5 Å². The molecule has 0 fully saturated rings. The van der Waals surface area contributed by atoms with Crippen molar-refractivity contribution in [2.45, 2.75) is 31.6 Å². The average Bonchev–Trinajstić information content (AvgIpc) is 2.35. The second-order valence-corrected chi connectivity index (χ2v) is 7.11. The molecule has 0 N–H and O–H groups in total. The summed E-state index contributed by atoms with van der Waals surface area (Å²) in [6.45, 7) is 3.88. The van der Waals surface area contributed by atoms with Crippen LogP contribution < -0.4 is 0 Å². The van der Waals surface area contributed by atoms with Crippen molar-refractivity contribution in [3.63, 3.8) is 0 Å². The molecule has 1 aromatic heterocycles.